The van der Waals surface area contributed by atoms with Crippen molar-refractivity contribution >= 4 is 34.2 Å². The van der Waals surface area contributed by atoms with Crippen LogP contribution in [0.15, 0.2) is 22.7 Å². The van der Waals surface area contributed by atoms with Gasteiger partial charge in [-0.3, -0.25) is 0 Å². The summed E-state index contributed by atoms with van der Waals surface area (Å²) in [7, 11) is 1.86. The van der Waals surface area contributed by atoms with E-state index in [1.54, 1.807) is 0 Å². The van der Waals surface area contributed by atoms with Gasteiger partial charge in [-0.1, -0.05) is 15.9 Å². The summed E-state index contributed by atoms with van der Waals surface area (Å²) in [4.78, 5) is 4.79. The quantitative estimate of drug-likeness (QED) is 0.736. The number of benzene rings is 1. The molecule has 0 N–H and O–H groups in total. The molecule has 1 aromatic rings. The van der Waals surface area contributed by atoms with Crippen LogP contribution in [-0.4, -0.2) is 56.4 Å². The van der Waals surface area contributed by atoms with Crippen molar-refractivity contribution in [3.63, 3.8) is 0 Å². The molecule has 2 heterocycles. The Morgan fingerprint density at radius 2 is 1.52 bits per heavy atom. The van der Waals surface area contributed by atoms with E-state index in [1.807, 2.05) is 0 Å². The van der Waals surface area contributed by atoms with E-state index >= 15 is 0 Å². The molecule has 0 unspecified atom stereocenters. The predicted octanol–water partition coefficient (Wildman–Crippen LogP) is 2.50. The Morgan fingerprint density at radius 3 is 2.09 bits per heavy atom. The minimum absolute atomic E-state index is 0.312. The van der Waals surface area contributed by atoms with E-state index in [-0.39, 0.29) is 18.3 Å². The topological polar surface area (TPSA) is 24.9 Å². The van der Waals surface area contributed by atoms with Crippen molar-refractivity contribution in [1.82, 2.24) is 4.90 Å². The van der Waals surface area contributed by atoms with Crippen molar-refractivity contribution in [2.75, 3.05) is 38.1 Å². The van der Waals surface area contributed by atoms with E-state index in [4.69, 9.17) is 9.31 Å². The smallest absolute Gasteiger partial charge is 0.399 e. The number of likely N-dealkylation sites (N-methyl/N-ethyl adjacent to an activating group) is 1. The minimum atomic E-state index is -0.316. The van der Waals surface area contributed by atoms with Gasteiger partial charge in [-0.2, -0.15) is 0 Å². The predicted molar refractivity (Wildman–Crippen MR) is 99.6 cm³/mol. The summed E-state index contributed by atoms with van der Waals surface area (Å²) in [5, 5.41) is 0. The van der Waals surface area contributed by atoms with Crippen LogP contribution in [-0.2, 0) is 9.31 Å². The molecule has 2 saturated heterocycles. The zero-order chi connectivity index (χ0) is 16.8. The maximum absolute atomic E-state index is 6.19. The van der Waals surface area contributed by atoms with Gasteiger partial charge in [0, 0.05) is 36.3 Å². The molecule has 0 amide bonds. The molecule has 0 bridgehead atoms. The van der Waals surface area contributed by atoms with Gasteiger partial charge in [-0.05, 0) is 58.4 Å². The first kappa shape index (κ1) is 17.3. The summed E-state index contributed by atoms with van der Waals surface area (Å²) in [6.45, 7) is 12.7. The Hall–Kier alpha value is -0.555. The fourth-order valence-electron chi connectivity index (χ4n) is 2.96. The molecule has 23 heavy (non-hydrogen) atoms. The third-order valence-electron chi connectivity index (χ3n) is 5.30. The first-order chi connectivity index (χ1) is 10.7. The van der Waals surface area contributed by atoms with Crippen molar-refractivity contribution in [1.29, 1.82) is 0 Å². The highest BCUT2D eigenvalue weighted by molar-refractivity contribution is 9.10. The lowest BCUT2D eigenvalue weighted by atomic mass is 9.79. The Kier molecular flexibility index (Phi) is 4.55. The van der Waals surface area contributed by atoms with Gasteiger partial charge in [0.2, 0.25) is 0 Å². The van der Waals surface area contributed by atoms with E-state index in [0.29, 0.717) is 0 Å². The van der Waals surface area contributed by atoms with Gasteiger partial charge >= 0.3 is 7.12 Å². The van der Waals surface area contributed by atoms with Gasteiger partial charge in [0.15, 0.2) is 0 Å². The monoisotopic (exact) mass is 380 g/mol. The molecule has 2 aliphatic heterocycles. The van der Waals surface area contributed by atoms with Crippen molar-refractivity contribution < 1.29 is 9.31 Å². The van der Waals surface area contributed by atoms with E-state index < -0.39 is 0 Å². The minimum Gasteiger partial charge on any atom is -0.399 e. The van der Waals surface area contributed by atoms with Crippen molar-refractivity contribution in [3.05, 3.63) is 22.7 Å². The number of rotatable bonds is 2. The van der Waals surface area contributed by atoms with Gasteiger partial charge < -0.3 is 19.1 Å². The Bertz CT molecular complexity index is 570. The SMILES string of the molecule is CN1CCN(c2cc(Br)cc(B3OC(C)(C)C(C)(C)O3)c2)CC1. The summed E-state index contributed by atoms with van der Waals surface area (Å²) in [5.41, 5.74) is 1.69. The molecule has 3 rings (SSSR count). The molecule has 0 saturated carbocycles. The van der Waals surface area contributed by atoms with Crippen LogP contribution in [0.2, 0.25) is 0 Å². The average molecular weight is 381 g/mol. The highest BCUT2D eigenvalue weighted by Gasteiger charge is 2.51. The maximum Gasteiger partial charge on any atom is 0.494 e. The lowest BCUT2D eigenvalue weighted by molar-refractivity contribution is 0.00578. The number of nitrogens with zero attached hydrogens (tertiary/aromatic N) is 2. The number of halogens is 1. The van der Waals surface area contributed by atoms with Crippen LogP contribution < -0.4 is 10.4 Å². The third-order valence-corrected chi connectivity index (χ3v) is 5.76. The first-order valence-corrected chi connectivity index (χ1v) is 9.07. The summed E-state index contributed by atoms with van der Waals surface area (Å²) >= 11 is 3.65. The Morgan fingerprint density at radius 1 is 0.957 bits per heavy atom. The molecule has 0 aromatic heterocycles. The van der Waals surface area contributed by atoms with Crippen LogP contribution in [0.1, 0.15) is 27.7 Å². The van der Waals surface area contributed by atoms with Gasteiger partial charge in [0.1, 0.15) is 0 Å². The second-order valence-corrected chi connectivity index (χ2v) is 8.54. The van der Waals surface area contributed by atoms with Gasteiger partial charge in [0.05, 0.1) is 11.2 Å². The molecular formula is C17H26BBrN2O2. The number of hydrogen-bond donors (Lipinski definition) is 0. The summed E-state index contributed by atoms with van der Waals surface area (Å²) in [6, 6.07) is 6.49. The molecule has 4 nitrogen and oxygen atoms in total. The normalized spacial score (nSPS) is 24.3. The van der Waals surface area contributed by atoms with Crippen LogP contribution >= 0.6 is 15.9 Å². The lowest BCUT2D eigenvalue weighted by Gasteiger charge is -2.34. The molecule has 6 heteroatoms. The molecule has 2 fully saturated rings. The van der Waals surface area contributed by atoms with Crippen LogP contribution in [0.4, 0.5) is 5.69 Å². The number of piperazine rings is 1. The summed E-state index contributed by atoms with van der Waals surface area (Å²) < 4.78 is 13.5. The van der Waals surface area contributed by atoms with Crippen LogP contribution in [0.3, 0.4) is 0 Å². The fraction of sp³-hybridized carbons (Fsp3) is 0.647. The lowest BCUT2D eigenvalue weighted by Crippen LogP contribution is -2.45. The van der Waals surface area contributed by atoms with Crippen molar-refractivity contribution in [3.8, 4) is 0 Å². The highest BCUT2D eigenvalue weighted by Crippen LogP contribution is 2.37. The van der Waals surface area contributed by atoms with Crippen molar-refractivity contribution in [2.24, 2.45) is 0 Å². The summed E-state index contributed by atoms with van der Waals surface area (Å²) in [6.07, 6.45) is 0. The molecule has 0 aliphatic carbocycles. The van der Waals surface area contributed by atoms with E-state index in [2.05, 4.69) is 78.7 Å². The average Bonchev–Trinajstić information content (AvgIpc) is 2.67. The molecule has 126 valence electrons. The second kappa shape index (κ2) is 6.06. The molecule has 0 radical (unpaired) electrons. The van der Waals surface area contributed by atoms with Crippen molar-refractivity contribution in [2.45, 2.75) is 38.9 Å². The molecular weight excluding hydrogens is 355 g/mol. The molecule has 0 atom stereocenters. The van der Waals surface area contributed by atoms with E-state index in [0.717, 1.165) is 36.1 Å². The van der Waals surface area contributed by atoms with Crippen LogP contribution in [0, 0.1) is 0 Å². The highest BCUT2D eigenvalue weighted by atomic mass is 79.9. The Balaban J connectivity index is 1.84. The van der Waals surface area contributed by atoms with Crippen LogP contribution in [0.5, 0.6) is 0 Å². The first-order valence-electron chi connectivity index (χ1n) is 8.28. The molecule has 0 spiro atoms. The third kappa shape index (κ3) is 3.45. The second-order valence-electron chi connectivity index (χ2n) is 7.62. The summed E-state index contributed by atoms with van der Waals surface area (Å²) in [5.74, 6) is 0. The van der Waals surface area contributed by atoms with Crippen LogP contribution in [0.25, 0.3) is 0 Å². The zero-order valence-electron chi connectivity index (χ0n) is 14.7. The molecule has 2 aliphatic rings. The van der Waals surface area contributed by atoms with Gasteiger partial charge in [0.25, 0.3) is 0 Å². The van der Waals surface area contributed by atoms with E-state index in [1.165, 1.54) is 5.69 Å². The zero-order valence-corrected chi connectivity index (χ0v) is 16.3. The van der Waals surface area contributed by atoms with Gasteiger partial charge in [-0.25, -0.2) is 0 Å². The maximum atomic E-state index is 6.19. The largest absolute Gasteiger partial charge is 0.494 e. The fourth-order valence-corrected chi connectivity index (χ4v) is 3.46. The molecule has 1 aromatic carbocycles. The van der Waals surface area contributed by atoms with Gasteiger partial charge in [-0.15, -0.1) is 0 Å². The van der Waals surface area contributed by atoms with E-state index in [9.17, 15) is 0 Å². The number of anilines is 1. The Labute approximate surface area is 148 Å². The standard InChI is InChI=1S/C17H26BBrN2O2/c1-16(2)17(3,4)23-18(22-16)13-10-14(19)12-15(11-13)21-8-6-20(5)7-9-21/h10-12H,6-9H2,1-5H3. The number of hydrogen-bond acceptors (Lipinski definition) is 4.